The van der Waals surface area contributed by atoms with Crippen LogP contribution in [0.1, 0.15) is 47.5 Å². The standard InChI is InChI=1S/C22H28IN3/c1-6-13-22(23)15-11-12-16(21(22,4)5)20(19(15)14(2)3)26-18-10-8-7-9-17(18)24-25-26/h7-12,14-16H,6,13H2,1-5H3/t15-,16+,22-/m1/s1. The molecule has 0 aliphatic heterocycles. The number of para-hydroxylation sites is 1. The molecule has 0 unspecified atom stereocenters. The first-order chi connectivity index (χ1) is 12.3. The summed E-state index contributed by atoms with van der Waals surface area (Å²) in [6, 6.07) is 8.31. The lowest BCUT2D eigenvalue weighted by Gasteiger charge is -2.59. The fourth-order valence-corrected chi connectivity index (χ4v) is 6.61. The maximum atomic E-state index is 4.60. The summed E-state index contributed by atoms with van der Waals surface area (Å²) in [5.41, 5.74) is 5.18. The molecule has 3 atom stereocenters. The lowest BCUT2D eigenvalue weighted by molar-refractivity contribution is 0.148. The second kappa shape index (κ2) is 6.18. The summed E-state index contributed by atoms with van der Waals surface area (Å²) in [7, 11) is 0. The van der Waals surface area contributed by atoms with Crippen LogP contribution in [0.15, 0.2) is 42.0 Å². The van der Waals surface area contributed by atoms with E-state index in [0.29, 0.717) is 17.8 Å². The van der Waals surface area contributed by atoms with Gasteiger partial charge in [-0.3, -0.25) is 0 Å². The topological polar surface area (TPSA) is 30.7 Å². The van der Waals surface area contributed by atoms with Crippen molar-refractivity contribution in [2.24, 2.45) is 23.2 Å². The number of hydrogen-bond donors (Lipinski definition) is 0. The highest BCUT2D eigenvalue weighted by Gasteiger charge is 2.59. The third-order valence-electron chi connectivity index (χ3n) is 6.58. The first-order valence-corrected chi connectivity index (χ1v) is 10.8. The van der Waals surface area contributed by atoms with Crippen LogP contribution < -0.4 is 0 Å². The Morgan fingerprint density at radius 3 is 2.54 bits per heavy atom. The van der Waals surface area contributed by atoms with Crippen molar-refractivity contribution < 1.29 is 0 Å². The Hall–Kier alpha value is -1.17. The van der Waals surface area contributed by atoms with Crippen molar-refractivity contribution in [2.45, 2.75) is 50.9 Å². The van der Waals surface area contributed by atoms with Crippen LogP contribution in [-0.2, 0) is 0 Å². The predicted octanol–water partition coefficient (Wildman–Crippen LogP) is 6.11. The molecule has 0 saturated heterocycles. The molecule has 5 rings (SSSR count). The summed E-state index contributed by atoms with van der Waals surface area (Å²) in [6.07, 6.45) is 7.38. The molecule has 0 spiro atoms. The van der Waals surface area contributed by atoms with Crippen molar-refractivity contribution >= 4 is 39.3 Å². The second-order valence-corrected chi connectivity index (χ2v) is 10.6. The summed E-state index contributed by atoms with van der Waals surface area (Å²) in [5, 5.41) is 9.05. The first kappa shape index (κ1) is 18.2. The molecule has 1 aromatic heterocycles. The van der Waals surface area contributed by atoms with E-state index in [9.17, 15) is 0 Å². The molecule has 138 valence electrons. The van der Waals surface area contributed by atoms with E-state index >= 15 is 0 Å². The van der Waals surface area contributed by atoms with Gasteiger partial charge in [-0.25, -0.2) is 4.68 Å². The van der Waals surface area contributed by atoms with E-state index < -0.39 is 0 Å². The van der Waals surface area contributed by atoms with Crippen LogP contribution >= 0.6 is 22.6 Å². The summed E-state index contributed by atoms with van der Waals surface area (Å²) in [5.74, 6) is 1.31. The zero-order valence-corrected chi connectivity index (χ0v) is 18.5. The monoisotopic (exact) mass is 461 g/mol. The van der Waals surface area contributed by atoms with Crippen LogP contribution in [0.3, 0.4) is 0 Å². The molecular formula is C22H28IN3. The van der Waals surface area contributed by atoms with Gasteiger partial charge < -0.3 is 0 Å². The number of aromatic nitrogens is 3. The van der Waals surface area contributed by atoms with Gasteiger partial charge >= 0.3 is 0 Å². The van der Waals surface area contributed by atoms with Crippen molar-refractivity contribution in [1.29, 1.82) is 0 Å². The lowest BCUT2D eigenvalue weighted by atomic mass is 9.52. The number of rotatable bonds is 4. The van der Waals surface area contributed by atoms with Crippen LogP contribution in [-0.4, -0.2) is 18.4 Å². The van der Waals surface area contributed by atoms with Crippen LogP contribution in [0.5, 0.6) is 0 Å². The molecule has 3 aliphatic carbocycles. The SMILES string of the molecule is CCC[C@@]1(I)[C@@H]2C=C[C@@H](C(n3nnc4ccccc43)=C2C(C)C)C1(C)C. The Balaban J connectivity index is 2.00. The van der Waals surface area contributed by atoms with Gasteiger partial charge in [-0.15, -0.1) is 5.10 Å². The van der Waals surface area contributed by atoms with E-state index in [-0.39, 0.29) is 8.84 Å². The van der Waals surface area contributed by atoms with Crippen LogP contribution in [0.2, 0.25) is 0 Å². The van der Waals surface area contributed by atoms with Crippen molar-refractivity contribution in [3.05, 3.63) is 42.0 Å². The summed E-state index contributed by atoms with van der Waals surface area (Å²) in [4.78, 5) is 0. The van der Waals surface area contributed by atoms with E-state index in [0.717, 1.165) is 11.0 Å². The van der Waals surface area contributed by atoms with Crippen LogP contribution in [0, 0.1) is 23.2 Å². The molecule has 3 nitrogen and oxygen atoms in total. The average Bonchev–Trinajstić information content (AvgIpc) is 3.03. The number of benzene rings is 1. The summed E-state index contributed by atoms with van der Waals surface area (Å²) in [6.45, 7) is 11.9. The highest BCUT2D eigenvalue weighted by Crippen LogP contribution is 2.65. The molecule has 0 amide bonds. The van der Waals surface area contributed by atoms with E-state index in [1.807, 2.05) is 6.07 Å². The second-order valence-electron chi connectivity index (χ2n) is 8.66. The molecule has 2 aromatic rings. The molecule has 0 N–H and O–H groups in total. The Morgan fingerprint density at radius 2 is 1.85 bits per heavy atom. The van der Waals surface area contributed by atoms with E-state index in [4.69, 9.17) is 0 Å². The predicted molar refractivity (Wildman–Crippen MR) is 117 cm³/mol. The van der Waals surface area contributed by atoms with Crippen molar-refractivity contribution in [3.63, 3.8) is 0 Å². The molecule has 3 aliphatic rings. The number of allylic oxidation sites excluding steroid dienone is 4. The molecule has 4 heteroatoms. The van der Waals surface area contributed by atoms with Gasteiger partial charge in [0, 0.05) is 15.3 Å². The van der Waals surface area contributed by atoms with Gasteiger partial charge in [0.25, 0.3) is 0 Å². The van der Waals surface area contributed by atoms with E-state index in [1.54, 1.807) is 5.57 Å². The van der Waals surface area contributed by atoms with Gasteiger partial charge in [-0.2, -0.15) is 0 Å². The Kier molecular flexibility index (Phi) is 4.33. The van der Waals surface area contributed by atoms with Crippen LogP contribution in [0.25, 0.3) is 16.7 Å². The Bertz CT molecular complexity index is 905. The van der Waals surface area contributed by atoms with E-state index in [1.165, 1.54) is 18.5 Å². The molecule has 1 aromatic carbocycles. The minimum atomic E-state index is 0.170. The van der Waals surface area contributed by atoms with E-state index in [2.05, 4.69) is 103 Å². The number of nitrogens with zero attached hydrogens (tertiary/aromatic N) is 3. The number of halogens is 1. The third kappa shape index (κ3) is 2.30. The minimum absolute atomic E-state index is 0.170. The maximum Gasteiger partial charge on any atom is 0.113 e. The first-order valence-electron chi connectivity index (χ1n) is 9.75. The fraction of sp³-hybridized carbons (Fsp3) is 0.545. The fourth-order valence-electron chi connectivity index (χ4n) is 5.19. The van der Waals surface area contributed by atoms with Crippen molar-refractivity contribution in [2.75, 3.05) is 0 Å². The number of alkyl halides is 1. The summed E-state index contributed by atoms with van der Waals surface area (Å²) < 4.78 is 2.38. The quantitative estimate of drug-likeness (QED) is 0.312. The normalized spacial score (nSPS) is 30.0. The molecular weight excluding hydrogens is 433 g/mol. The smallest absolute Gasteiger partial charge is 0.113 e. The molecule has 1 heterocycles. The molecule has 26 heavy (non-hydrogen) atoms. The summed E-state index contributed by atoms with van der Waals surface area (Å²) >= 11 is 2.79. The van der Waals surface area contributed by atoms with Crippen molar-refractivity contribution in [1.82, 2.24) is 15.0 Å². The molecule has 2 bridgehead atoms. The average molecular weight is 461 g/mol. The highest BCUT2D eigenvalue weighted by molar-refractivity contribution is 14.1. The molecule has 0 fully saturated rings. The third-order valence-corrected chi connectivity index (χ3v) is 9.18. The van der Waals surface area contributed by atoms with Gasteiger partial charge in [-0.05, 0) is 35.5 Å². The van der Waals surface area contributed by atoms with Gasteiger partial charge in [0.2, 0.25) is 0 Å². The molecule has 0 saturated carbocycles. The molecule has 0 radical (unpaired) electrons. The van der Waals surface area contributed by atoms with Gasteiger partial charge in [0.05, 0.1) is 11.2 Å². The van der Waals surface area contributed by atoms with Crippen molar-refractivity contribution in [3.8, 4) is 0 Å². The van der Waals surface area contributed by atoms with Crippen LogP contribution in [0.4, 0.5) is 0 Å². The zero-order valence-electron chi connectivity index (χ0n) is 16.3. The number of fused-ring (bicyclic) bond motifs is 2. The Labute approximate surface area is 170 Å². The minimum Gasteiger partial charge on any atom is -0.216 e. The Morgan fingerprint density at radius 1 is 1.15 bits per heavy atom. The highest BCUT2D eigenvalue weighted by atomic mass is 127. The maximum absolute atomic E-state index is 4.60. The lowest BCUT2D eigenvalue weighted by Crippen LogP contribution is -2.56. The van der Waals surface area contributed by atoms with Gasteiger partial charge in [-0.1, -0.05) is 93.1 Å². The van der Waals surface area contributed by atoms with Gasteiger partial charge in [0.15, 0.2) is 0 Å². The number of hydrogen-bond acceptors (Lipinski definition) is 2. The largest absolute Gasteiger partial charge is 0.216 e. The van der Waals surface area contributed by atoms with Gasteiger partial charge in [0.1, 0.15) is 5.52 Å². The zero-order chi connectivity index (χ0) is 18.7.